The fraction of sp³-hybridized carbons (Fsp3) is 0.571. The van der Waals surface area contributed by atoms with Gasteiger partial charge in [0.2, 0.25) is 0 Å². The number of pyridine rings is 1. The SMILES string of the molecule is O=C1COc2ccc(Br)nc2N1CC1CCCCC1. The van der Waals surface area contributed by atoms with E-state index in [9.17, 15) is 4.79 Å². The molecule has 19 heavy (non-hydrogen) atoms. The van der Waals surface area contributed by atoms with Crippen LogP contribution < -0.4 is 9.64 Å². The van der Waals surface area contributed by atoms with E-state index in [1.807, 2.05) is 12.1 Å². The average molecular weight is 325 g/mol. The second kappa shape index (κ2) is 5.49. The molecule has 1 saturated carbocycles. The van der Waals surface area contributed by atoms with Crippen LogP contribution in [0.2, 0.25) is 0 Å². The number of ether oxygens (including phenoxy) is 1. The minimum Gasteiger partial charge on any atom is -0.480 e. The molecule has 4 nitrogen and oxygen atoms in total. The molecule has 0 spiro atoms. The minimum absolute atomic E-state index is 0.0173. The Hall–Kier alpha value is -1.10. The Bertz CT molecular complexity index is 486. The van der Waals surface area contributed by atoms with Gasteiger partial charge in [0.1, 0.15) is 4.60 Å². The lowest BCUT2D eigenvalue weighted by atomic mass is 9.89. The van der Waals surface area contributed by atoms with Crippen molar-refractivity contribution in [3.63, 3.8) is 0 Å². The van der Waals surface area contributed by atoms with E-state index >= 15 is 0 Å². The van der Waals surface area contributed by atoms with Gasteiger partial charge < -0.3 is 4.74 Å². The third-order valence-corrected chi connectivity index (χ3v) is 4.32. The Kier molecular flexibility index (Phi) is 3.73. The Morgan fingerprint density at radius 2 is 2.11 bits per heavy atom. The van der Waals surface area contributed by atoms with Gasteiger partial charge in [-0.25, -0.2) is 4.98 Å². The molecule has 5 heteroatoms. The van der Waals surface area contributed by atoms with Crippen molar-refractivity contribution in [2.24, 2.45) is 5.92 Å². The van der Waals surface area contributed by atoms with Crippen LogP contribution >= 0.6 is 15.9 Å². The largest absolute Gasteiger partial charge is 0.480 e. The average Bonchev–Trinajstić information content (AvgIpc) is 2.43. The number of nitrogens with zero attached hydrogens (tertiary/aromatic N) is 2. The number of anilines is 1. The van der Waals surface area contributed by atoms with Crippen LogP contribution in [-0.2, 0) is 4.79 Å². The van der Waals surface area contributed by atoms with E-state index in [0.717, 1.165) is 11.1 Å². The zero-order valence-electron chi connectivity index (χ0n) is 10.8. The molecular weight excluding hydrogens is 308 g/mol. The van der Waals surface area contributed by atoms with Gasteiger partial charge in [0.05, 0.1) is 0 Å². The van der Waals surface area contributed by atoms with Crippen molar-refractivity contribution in [2.75, 3.05) is 18.1 Å². The number of hydrogen-bond acceptors (Lipinski definition) is 3. The first kappa shape index (κ1) is 12.9. The molecule has 0 aromatic carbocycles. The van der Waals surface area contributed by atoms with Gasteiger partial charge in [-0.15, -0.1) is 0 Å². The highest BCUT2D eigenvalue weighted by molar-refractivity contribution is 9.10. The molecule has 1 aromatic rings. The van der Waals surface area contributed by atoms with Crippen molar-refractivity contribution in [2.45, 2.75) is 32.1 Å². The molecule has 0 radical (unpaired) electrons. The third kappa shape index (κ3) is 2.76. The summed E-state index contributed by atoms with van der Waals surface area (Å²) < 4.78 is 6.17. The van der Waals surface area contributed by atoms with Gasteiger partial charge in [0, 0.05) is 6.54 Å². The van der Waals surface area contributed by atoms with Crippen molar-refractivity contribution >= 4 is 27.7 Å². The lowest BCUT2D eigenvalue weighted by molar-refractivity contribution is -0.121. The summed E-state index contributed by atoms with van der Waals surface area (Å²) in [5.74, 6) is 1.99. The Balaban J connectivity index is 1.83. The lowest BCUT2D eigenvalue weighted by Gasteiger charge is -2.32. The number of amides is 1. The normalized spacial score (nSPS) is 20.1. The zero-order valence-corrected chi connectivity index (χ0v) is 12.4. The first-order valence-corrected chi connectivity index (χ1v) is 7.63. The summed E-state index contributed by atoms with van der Waals surface area (Å²) in [6.45, 7) is 0.904. The van der Waals surface area contributed by atoms with Crippen molar-refractivity contribution < 1.29 is 9.53 Å². The number of aromatic nitrogens is 1. The van der Waals surface area contributed by atoms with Crippen LogP contribution in [0, 0.1) is 5.92 Å². The lowest BCUT2D eigenvalue weighted by Crippen LogP contribution is -2.42. The van der Waals surface area contributed by atoms with Gasteiger partial charge in [0.25, 0.3) is 5.91 Å². The Morgan fingerprint density at radius 3 is 2.89 bits per heavy atom. The maximum Gasteiger partial charge on any atom is 0.266 e. The summed E-state index contributed by atoms with van der Waals surface area (Å²) >= 11 is 3.36. The van der Waals surface area contributed by atoms with Crippen LogP contribution in [0.5, 0.6) is 5.75 Å². The van der Waals surface area contributed by atoms with Crippen molar-refractivity contribution in [1.29, 1.82) is 0 Å². The fourth-order valence-electron chi connectivity index (χ4n) is 2.87. The highest BCUT2D eigenvalue weighted by Gasteiger charge is 2.29. The van der Waals surface area contributed by atoms with Crippen molar-refractivity contribution in [3.8, 4) is 5.75 Å². The van der Waals surface area contributed by atoms with Gasteiger partial charge in [-0.1, -0.05) is 19.3 Å². The van der Waals surface area contributed by atoms with Crippen LogP contribution in [0.25, 0.3) is 0 Å². The number of fused-ring (bicyclic) bond motifs is 1. The molecule has 3 rings (SSSR count). The standard InChI is InChI=1S/C14H17BrN2O2/c15-12-7-6-11-14(16-12)17(13(18)9-19-11)8-10-4-2-1-3-5-10/h6-7,10H,1-5,8-9H2. The highest BCUT2D eigenvalue weighted by Crippen LogP contribution is 2.33. The van der Waals surface area contributed by atoms with E-state index in [1.165, 1.54) is 32.1 Å². The fourth-order valence-corrected chi connectivity index (χ4v) is 3.17. The molecule has 0 bridgehead atoms. The summed E-state index contributed by atoms with van der Waals surface area (Å²) in [7, 11) is 0. The Labute approximate surface area is 121 Å². The first-order chi connectivity index (χ1) is 9.24. The van der Waals surface area contributed by atoms with Crippen molar-refractivity contribution in [1.82, 2.24) is 4.98 Å². The molecule has 0 saturated heterocycles. The molecule has 1 aromatic heterocycles. The maximum absolute atomic E-state index is 12.1. The monoisotopic (exact) mass is 324 g/mol. The maximum atomic E-state index is 12.1. The van der Waals surface area contributed by atoms with E-state index in [0.29, 0.717) is 17.5 Å². The van der Waals surface area contributed by atoms with E-state index in [1.54, 1.807) is 4.90 Å². The summed E-state index contributed by atoms with van der Waals surface area (Å²) in [6, 6.07) is 3.71. The van der Waals surface area contributed by atoms with Crippen LogP contribution in [0.1, 0.15) is 32.1 Å². The molecule has 2 heterocycles. The van der Waals surface area contributed by atoms with E-state index in [4.69, 9.17) is 4.74 Å². The summed E-state index contributed by atoms with van der Waals surface area (Å²) in [6.07, 6.45) is 6.32. The molecule has 1 aliphatic carbocycles. The van der Waals surface area contributed by atoms with Gasteiger partial charge in [0.15, 0.2) is 18.2 Å². The Morgan fingerprint density at radius 1 is 1.32 bits per heavy atom. The molecular formula is C14H17BrN2O2. The van der Waals surface area contributed by atoms with E-state index in [2.05, 4.69) is 20.9 Å². The number of rotatable bonds is 2. The molecule has 1 amide bonds. The molecule has 102 valence electrons. The molecule has 1 aliphatic heterocycles. The first-order valence-electron chi connectivity index (χ1n) is 6.84. The van der Waals surface area contributed by atoms with Gasteiger partial charge in [-0.3, -0.25) is 9.69 Å². The molecule has 0 unspecified atom stereocenters. The highest BCUT2D eigenvalue weighted by atomic mass is 79.9. The van der Waals surface area contributed by atoms with Crippen LogP contribution in [0.4, 0.5) is 5.82 Å². The second-order valence-corrected chi connectivity index (χ2v) is 6.07. The van der Waals surface area contributed by atoms with Gasteiger partial charge in [-0.2, -0.15) is 0 Å². The van der Waals surface area contributed by atoms with Crippen LogP contribution in [0.3, 0.4) is 0 Å². The second-order valence-electron chi connectivity index (χ2n) is 5.25. The quantitative estimate of drug-likeness (QED) is 0.785. The molecule has 1 fully saturated rings. The zero-order chi connectivity index (χ0) is 13.2. The van der Waals surface area contributed by atoms with Crippen LogP contribution in [-0.4, -0.2) is 24.0 Å². The summed E-state index contributed by atoms with van der Waals surface area (Å²) in [4.78, 5) is 18.3. The predicted molar refractivity (Wildman–Crippen MR) is 76.4 cm³/mol. The number of carbonyl (C=O) groups excluding carboxylic acids is 1. The van der Waals surface area contributed by atoms with E-state index in [-0.39, 0.29) is 12.5 Å². The number of halogens is 1. The smallest absolute Gasteiger partial charge is 0.266 e. The van der Waals surface area contributed by atoms with Gasteiger partial charge >= 0.3 is 0 Å². The van der Waals surface area contributed by atoms with Crippen molar-refractivity contribution in [3.05, 3.63) is 16.7 Å². The summed E-state index contributed by atoms with van der Waals surface area (Å²) in [5.41, 5.74) is 0. The number of carbonyl (C=O) groups is 1. The summed E-state index contributed by atoms with van der Waals surface area (Å²) in [5, 5.41) is 0. The minimum atomic E-state index is 0.0173. The molecule has 0 atom stereocenters. The van der Waals surface area contributed by atoms with E-state index < -0.39 is 0 Å². The topological polar surface area (TPSA) is 42.4 Å². The predicted octanol–water partition coefficient (Wildman–Crippen LogP) is 3.15. The van der Waals surface area contributed by atoms with Gasteiger partial charge in [-0.05, 0) is 46.8 Å². The van der Waals surface area contributed by atoms with Crippen LogP contribution in [0.15, 0.2) is 16.7 Å². The molecule has 0 N–H and O–H groups in total. The third-order valence-electron chi connectivity index (χ3n) is 3.88. The number of hydrogen-bond donors (Lipinski definition) is 0. The molecule has 2 aliphatic rings.